The number of carboxylic acid groups (broad SMARTS) is 2. The van der Waals surface area contributed by atoms with E-state index in [9.17, 15) is 26.3 Å². The van der Waals surface area contributed by atoms with Gasteiger partial charge in [0.15, 0.2) is 0 Å². The number of carboxylic acids is 2. The molecule has 0 radical (unpaired) electrons. The lowest BCUT2D eigenvalue weighted by molar-refractivity contribution is -0.193. The van der Waals surface area contributed by atoms with Crippen LogP contribution in [0.4, 0.5) is 26.3 Å². The minimum absolute atomic E-state index is 0.342. The van der Waals surface area contributed by atoms with Gasteiger partial charge in [-0.05, 0) is 25.3 Å². The van der Waals surface area contributed by atoms with Crippen molar-refractivity contribution < 1.29 is 55.6 Å². The Morgan fingerprint density at radius 3 is 2.27 bits per heavy atom. The Hall–Kier alpha value is -3.49. The Morgan fingerprint density at radius 2 is 1.80 bits per heavy atom. The molecule has 0 saturated carbocycles. The molecule has 0 amide bonds. The average molecular weight is 599 g/mol. The molecule has 2 fully saturated rings. The molecular formula is C23H24F6N4O6S. The molecule has 3 atom stereocenters. The summed E-state index contributed by atoms with van der Waals surface area (Å²) >= 11 is 1.74. The topological polar surface area (TPSA) is 146 Å². The van der Waals surface area contributed by atoms with Crippen molar-refractivity contribution in [1.82, 2.24) is 14.9 Å². The maximum Gasteiger partial charge on any atom is 0.490 e. The van der Waals surface area contributed by atoms with E-state index in [2.05, 4.69) is 26.3 Å². The highest BCUT2D eigenvalue weighted by Gasteiger charge is 2.43. The maximum atomic E-state index is 10.6. The molecule has 2 N–H and O–H groups in total. The number of hydrogen-bond donors (Lipinski definition) is 2. The molecule has 0 aliphatic carbocycles. The summed E-state index contributed by atoms with van der Waals surface area (Å²) in [6.07, 6.45) is -7.32. The van der Waals surface area contributed by atoms with E-state index in [1.165, 1.54) is 5.01 Å². The van der Waals surface area contributed by atoms with Crippen LogP contribution in [0.5, 0.6) is 5.88 Å². The van der Waals surface area contributed by atoms with Gasteiger partial charge in [-0.25, -0.2) is 19.6 Å². The third-order valence-electron chi connectivity index (χ3n) is 5.63. The van der Waals surface area contributed by atoms with Crippen LogP contribution in [-0.4, -0.2) is 81.8 Å². The van der Waals surface area contributed by atoms with Gasteiger partial charge in [-0.3, -0.25) is 4.90 Å². The normalized spacial score (nSPS) is 20.3. The monoisotopic (exact) mass is 598 g/mol. The Kier molecular flexibility index (Phi) is 11.6. The van der Waals surface area contributed by atoms with E-state index in [0.29, 0.717) is 36.0 Å². The number of pyridine rings is 1. The van der Waals surface area contributed by atoms with Crippen LogP contribution in [0.2, 0.25) is 0 Å². The third-order valence-corrected chi connectivity index (χ3v) is 6.58. The number of aromatic nitrogens is 2. The highest BCUT2D eigenvalue weighted by Crippen LogP contribution is 2.36. The molecule has 2 aromatic heterocycles. The van der Waals surface area contributed by atoms with Crippen molar-refractivity contribution in [3.05, 3.63) is 40.0 Å². The summed E-state index contributed by atoms with van der Waals surface area (Å²) in [6, 6.07) is 5.54. The van der Waals surface area contributed by atoms with Gasteiger partial charge in [-0.15, -0.1) is 11.3 Å². The highest BCUT2D eigenvalue weighted by molar-refractivity contribution is 7.09. The van der Waals surface area contributed by atoms with Gasteiger partial charge in [-0.1, -0.05) is 0 Å². The number of alkyl halides is 6. The second kappa shape index (κ2) is 14.2. The van der Waals surface area contributed by atoms with Crippen LogP contribution in [0.3, 0.4) is 0 Å². The summed E-state index contributed by atoms with van der Waals surface area (Å²) in [4.78, 5) is 29.0. The molecule has 4 heterocycles. The summed E-state index contributed by atoms with van der Waals surface area (Å²) in [5.41, 5.74) is 1.65. The molecule has 0 aromatic carbocycles. The van der Waals surface area contributed by atoms with Crippen LogP contribution in [0.15, 0.2) is 23.7 Å². The SMILES string of the molecule is Cc1csc(CN2C[C@H]3[C@@H](CCOc4ccc(C#N)cn4)CO[C@H]3C2)n1.O=C(O)C(F)(F)F.O=C(O)C(F)(F)F. The second-order valence-electron chi connectivity index (χ2n) is 8.61. The van der Waals surface area contributed by atoms with Crippen LogP contribution in [0.25, 0.3) is 0 Å². The van der Waals surface area contributed by atoms with E-state index in [0.717, 1.165) is 38.4 Å². The number of fused-ring (bicyclic) bond motifs is 1. The lowest BCUT2D eigenvalue weighted by Crippen LogP contribution is -2.24. The molecule has 2 aromatic rings. The standard InChI is InChI=1S/C19H22N4O2S.2C2HF3O2/c1-13-12-26-19(22-13)10-23-8-16-15(11-25-17(16)9-23)4-5-24-18-3-2-14(6-20)7-21-18;2*3-2(4,5)1(6)7/h2-3,7,12,15-17H,4-5,8-11H2,1H3;2*(H,6,7)/t15-,16-,17-;;/m0../s1. The van der Waals surface area contributed by atoms with Crippen molar-refractivity contribution in [3.63, 3.8) is 0 Å². The van der Waals surface area contributed by atoms with Crippen LogP contribution in [0, 0.1) is 30.1 Å². The van der Waals surface area contributed by atoms with Gasteiger partial charge in [-0.2, -0.15) is 31.6 Å². The number of hydrogen-bond acceptors (Lipinski definition) is 9. The van der Waals surface area contributed by atoms with Gasteiger partial charge in [0.1, 0.15) is 11.1 Å². The van der Waals surface area contributed by atoms with Crippen LogP contribution < -0.4 is 4.74 Å². The molecule has 17 heteroatoms. The summed E-state index contributed by atoms with van der Waals surface area (Å²) in [5.74, 6) is -3.83. The van der Waals surface area contributed by atoms with Crippen LogP contribution >= 0.6 is 11.3 Å². The van der Waals surface area contributed by atoms with Crippen molar-refractivity contribution >= 4 is 23.3 Å². The van der Waals surface area contributed by atoms with Gasteiger partial charge in [0.2, 0.25) is 5.88 Å². The van der Waals surface area contributed by atoms with E-state index in [-0.39, 0.29) is 0 Å². The lowest BCUT2D eigenvalue weighted by atomic mass is 9.91. The molecule has 220 valence electrons. The number of likely N-dealkylation sites (tertiary alicyclic amines) is 1. The first kappa shape index (κ1) is 32.7. The Labute approximate surface area is 227 Å². The number of aryl methyl sites for hydroxylation is 1. The third kappa shape index (κ3) is 10.6. The van der Waals surface area contributed by atoms with E-state index in [1.807, 2.05) is 6.92 Å². The Morgan fingerprint density at radius 1 is 1.18 bits per heavy atom. The zero-order chi connectivity index (χ0) is 30.1. The van der Waals surface area contributed by atoms with Crippen molar-refractivity contribution in [1.29, 1.82) is 5.26 Å². The maximum absolute atomic E-state index is 10.6. The first-order valence-electron chi connectivity index (χ1n) is 11.4. The fraction of sp³-hybridized carbons (Fsp3) is 0.522. The van der Waals surface area contributed by atoms with Gasteiger partial charge in [0.25, 0.3) is 0 Å². The quantitative estimate of drug-likeness (QED) is 0.470. The van der Waals surface area contributed by atoms with E-state index in [1.54, 1.807) is 29.7 Å². The number of ether oxygens (including phenoxy) is 2. The molecule has 2 aliphatic rings. The minimum Gasteiger partial charge on any atom is -0.478 e. The number of aliphatic carboxylic acids is 2. The molecule has 4 rings (SSSR count). The molecule has 2 aliphatic heterocycles. The zero-order valence-corrected chi connectivity index (χ0v) is 21.6. The summed E-state index contributed by atoms with van der Waals surface area (Å²) in [7, 11) is 0. The number of rotatable bonds is 6. The molecule has 0 spiro atoms. The van der Waals surface area contributed by atoms with E-state index in [4.69, 9.17) is 34.5 Å². The highest BCUT2D eigenvalue weighted by atomic mass is 32.1. The fourth-order valence-corrected chi connectivity index (χ4v) is 4.63. The summed E-state index contributed by atoms with van der Waals surface area (Å²) in [5, 5.41) is 26.3. The predicted molar refractivity (Wildman–Crippen MR) is 125 cm³/mol. The number of nitriles is 1. The van der Waals surface area contributed by atoms with E-state index >= 15 is 0 Å². The molecule has 40 heavy (non-hydrogen) atoms. The molecule has 2 saturated heterocycles. The van der Waals surface area contributed by atoms with Gasteiger partial charge in [0, 0.05) is 42.3 Å². The molecule has 0 unspecified atom stereocenters. The minimum atomic E-state index is -5.08. The smallest absolute Gasteiger partial charge is 0.478 e. The number of halogens is 6. The number of carbonyl (C=O) groups is 2. The van der Waals surface area contributed by atoms with Crippen molar-refractivity contribution in [2.45, 2.75) is 38.3 Å². The van der Waals surface area contributed by atoms with Gasteiger partial charge in [0.05, 0.1) is 31.4 Å². The summed E-state index contributed by atoms with van der Waals surface area (Å²) in [6.45, 7) is 6.49. The van der Waals surface area contributed by atoms with Crippen LogP contribution in [0.1, 0.15) is 22.7 Å². The Balaban J connectivity index is 0.000000333. The lowest BCUT2D eigenvalue weighted by Gasteiger charge is -2.18. The molecule has 10 nitrogen and oxygen atoms in total. The van der Waals surface area contributed by atoms with Crippen molar-refractivity contribution in [2.24, 2.45) is 11.8 Å². The van der Waals surface area contributed by atoms with Gasteiger partial charge < -0.3 is 19.7 Å². The van der Waals surface area contributed by atoms with Crippen molar-refractivity contribution in [3.8, 4) is 11.9 Å². The fourth-order valence-electron chi connectivity index (χ4n) is 3.82. The van der Waals surface area contributed by atoms with Gasteiger partial charge >= 0.3 is 24.3 Å². The zero-order valence-electron chi connectivity index (χ0n) is 20.8. The second-order valence-corrected chi connectivity index (χ2v) is 9.55. The Bertz CT molecular complexity index is 1140. The number of nitrogens with zero attached hydrogens (tertiary/aromatic N) is 4. The van der Waals surface area contributed by atoms with Crippen LogP contribution in [-0.2, 0) is 20.9 Å². The first-order chi connectivity index (χ1) is 18.6. The average Bonchev–Trinajstić information content (AvgIpc) is 3.56. The predicted octanol–water partition coefficient (Wildman–Crippen LogP) is 3.90. The van der Waals surface area contributed by atoms with E-state index < -0.39 is 24.3 Å². The summed E-state index contributed by atoms with van der Waals surface area (Å²) < 4.78 is 75.2. The number of thiazole rings is 1. The first-order valence-corrected chi connectivity index (χ1v) is 12.3. The largest absolute Gasteiger partial charge is 0.490 e. The molecular weight excluding hydrogens is 574 g/mol. The van der Waals surface area contributed by atoms with Crippen molar-refractivity contribution in [2.75, 3.05) is 26.3 Å². The molecule has 0 bridgehead atoms.